The molecule has 0 bridgehead atoms. The van der Waals surface area contributed by atoms with Crippen LogP contribution in [-0.2, 0) is 24.9 Å². The number of ketones is 1. The van der Waals surface area contributed by atoms with Crippen molar-refractivity contribution < 1.29 is 34.4 Å². The standard InChI is InChI=1S/C28H24NO.C11H20O2.Ir/c1-17-7-9-23-24-13-18(2)14-25(28(24)30-26(23)15-17)27-22-10-8-20(19-5-3-4-6-19)16-21(22)11-12-29-27;1-8(2)5-10(12)7-11(13)6-9(3)4;/h7-13,15-16,19H,3-6H2,1-2H3;7-9,12H,5-6H2,1-4H3;/q-1;;/b;10-7-;. The summed E-state index contributed by atoms with van der Waals surface area (Å²) in [4.78, 5) is 16.0. The summed E-state index contributed by atoms with van der Waals surface area (Å²) in [5.41, 5.74) is 7.48. The van der Waals surface area contributed by atoms with E-state index in [9.17, 15) is 9.90 Å². The second-order valence-electron chi connectivity index (χ2n) is 13.1. The molecule has 0 atom stereocenters. The molecule has 1 saturated carbocycles. The molecule has 0 aliphatic heterocycles. The van der Waals surface area contributed by atoms with Crippen LogP contribution >= 0.6 is 0 Å². The fourth-order valence-corrected chi connectivity index (χ4v) is 6.26. The van der Waals surface area contributed by atoms with Gasteiger partial charge in [-0.1, -0.05) is 88.7 Å². The maximum Gasteiger partial charge on any atom is 0.159 e. The van der Waals surface area contributed by atoms with Crippen LogP contribution in [0.2, 0.25) is 0 Å². The molecule has 0 spiro atoms. The number of hydrogen-bond donors (Lipinski definition) is 1. The van der Waals surface area contributed by atoms with Gasteiger partial charge in [-0.25, -0.2) is 0 Å². The quantitative estimate of drug-likeness (QED) is 0.102. The number of furan rings is 1. The zero-order valence-electron chi connectivity index (χ0n) is 26.8. The monoisotopic (exact) mass is 767 g/mol. The van der Waals surface area contributed by atoms with Gasteiger partial charge in [0.2, 0.25) is 0 Å². The summed E-state index contributed by atoms with van der Waals surface area (Å²) in [6, 6.07) is 21.2. The Bertz CT molecular complexity index is 1790. The van der Waals surface area contributed by atoms with Crippen molar-refractivity contribution in [2.45, 2.75) is 86.0 Å². The second-order valence-corrected chi connectivity index (χ2v) is 13.1. The molecule has 233 valence electrons. The maximum absolute atomic E-state index is 11.2. The van der Waals surface area contributed by atoms with E-state index >= 15 is 0 Å². The molecule has 6 rings (SSSR count). The molecule has 4 nitrogen and oxygen atoms in total. The van der Waals surface area contributed by atoms with Gasteiger partial charge >= 0.3 is 0 Å². The Morgan fingerprint density at radius 3 is 2.36 bits per heavy atom. The van der Waals surface area contributed by atoms with Gasteiger partial charge in [0.1, 0.15) is 5.58 Å². The van der Waals surface area contributed by atoms with Crippen molar-refractivity contribution in [1.29, 1.82) is 0 Å². The van der Waals surface area contributed by atoms with Gasteiger partial charge in [0, 0.05) is 50.6 Å². The molecular weight excluding hydrogens is 723 g/mol. The Kier molecular flexibility index (Phi) is 11.2. The summed E-state index contributed by atoms with van der Waals surface area (Å²) in [5, 5.41) is 14.0. The first-order chi connectivity index (χ1) is 20.6. The number of allylic oxidation sites excluding steroid dienone is 2. The third kappa shape index (κ3) is 7.86. The Hall–Kier alpha value is -3.27. The number of carbonyl (C=O) groups is 1. The van der Waals surface area contributed by atoms with Gasteiger partial charge in [-0.3, -0.25) is 4.79 Å². The number of benzene rings is 3. The Morgan fingerprint density at radius 1 is 0.955 bits per heavy atom. The summed E-state index contributed by atoms with van der Waals surface area (Å²) >= 11 is 0. The van der Waals surface area contributed by atoms with E-state index in [4.69, 9.17) is 9.40 Å². The van der Waals surface area contributed by atoms with Gasteiger partial charge in [-0.2, -0.15) is 0 Å². The molecule has 1 radical (unpaired) electrons. The first-order valence-corrected chi connectivity index (χ1v) is 15.8. The number of nitrogens with zero attached hydrogens (tertiary/aromatic N) is 1. The molecule has 3 aromatic carbocycles. The van der Waals surface area contributed by atoms with Gasteiger partial charge in [-0.05, 0) is 77.2 Å². The molecule has 1 aliphatic carbocycles. The summed E-state index contributed by atoms with van der Waals surface area (Å²) in [6.45, 7) is 12.2. The first kappa shape index (κ1) is 33.6. The van der Waals surface area contributed by atoms with Crippen LogP contribution in [0, 0.1) is 31.7 Å². The van der Waals surface area contributed by atoms with Gasteiger partial charge in [-0.15, -0.1) is 17.7 Å². The van der Waals surface area contributed by atoms with E-state index in [2.05, 4.69) is 68.4 Å². The number of rotatable bonds is 7. The van der Waals surface area contributed by atoms with Crippen LogP contribution in [0.25, 0.3) is 44.0 Å². The predicted molar refractivity (Wildman–Crippen MR) is 179 cm³/mol. The Morgan fingerprint density at radius 2 is 1.66 bits per heavy atom. The van der Waals surface area contributed by atoms with Crippen LogP contribution in [-0.4, -0.2) is 15.9 Å². The van der Waals surface area contributed by atoms with Crippen molar-refractivity contribution in [3.8, 4) is 11.3 Å². The van der Waals surface area contributed by atoms with Crippen LogP contribution < -0.4 is 0 Å². The molecule has 1 aliphatic rings. The average molecular weight is 767 g/mol. The number of hydrogen-bond acceptors (Lipinski definition) is 4. The number of aliphatic hydroxyl groups is 1. The molecule has 2 aromatic heterocycles. The average Bonchev–Trinajstić information content (AvgIpc) is 3.60. The number of aromatic nitrogens is 1. The van der Waals surface area contributed by atoms with Crippen LogP contribution in [0.4, 0.5) is 0 Å². The third-order valence-corrected chi connectivity index (χ3v) is 8.20. The van der Waals surface area contributed by atoms with Crippen molar-refractivity contribution in [3.05, 3.63) is 89.3 Å². The molecule has 0 amide bonds. The molecule has 2 heterocycles. The van der Waals surface area contributed by atoms with Crippen LogP contribution in [0.5, 0.6) is 0 Å². The topological polar surface area (TPSA) is 63.3 Å². The van der Waals surface area contributed by atoms with E-state index in [1.165, 1.54) is 53.7 Å². The van der Waals surface area contributed by atoms with E-state index in [1.807, 2.05) is 33.9 Å². The molecule has 44 heavy (non-hydrogen) atoms. The van der Waals surface area contributed by atoms with Gasteiger partial charge in [0.15, 0.2) is 5.78 Å². The zero-order valence-corrected chi connectivity index (χ0v) is 29.2. The molecule has 5 heteroatoms. The summed E-state index contributed by atoms with van der Waals surface area (Å²) in [7, 11) is 0. The molecule has 5 aromatic rings. The molecule has 1 fully saturated rings. The van der Waals surface area contributed by atoms with E-state index in [-0.39, 0.29) is 31.6 Å². The summed E-state index contributed by atoms with van der Waals surface area (Å²) in [5.74, 6) is 1.69. The number of carbonyl (C=O) groups excluding carboxylic acids is 1. The van der Waals surface area contributed by atoms with Crippen LogP contribution in [0.1, 0.15) is 88.8 Å². The Labute approximate surface area is 275 Å². The zero-order chi connectivity index (χ0) is 30.7. The van der Waals surface area contributed by atoms with Crippen molar-refractivity contribution in [1.82, 2.24) is 4.98 Å². The van der Waals surface area contributed by atoms with E-state index in [0.29, 0.717) is 30.6 Å². The largest absolute Gasteiger partial charge is 0.512 e. The van der Waals surface area contributed by atoms with E-state index in [1.54, 1.807) is 0 Å². The normalized spacial score (nSPS) is 14.0. The molecular formula is C39H44IrNO3-. The number of pyridine rings is 1. The van der Waals surface area contributed by atoms with Crippen LogP contribution in [0.15, 0.2) is 71.0 Å². The minimum Gasteiger partial charge on any atom is -0.512 e. The minimum atomic E-state index is 0. The second kappa shape index (κ2) is 14.7. The molecule has 1 N–H and O–H groups in total. The van der Waals surface area contributed by atoms with Gasteiger partial charge in [0.25, 0.3) is 0 Å². The van der Waals surface area contributed by atoms with Crippen molar-refractivity contribution >= 4 is 38.5 Å². The number of fused-ring (bicyclic) bond motifs is 4. The van der Waals surface area contributed by atoms with Gasteiger partial charge in [0.05, 0.1) is 11.3 Å². The Balaban J connectivity index is 0.000000271. The maximum atomic E-state index is 11.2. The minimum absolute atomic E-state index is 0. The summed E-state index contributed by atoms with van der Waals surface area (Å²) < 4.78 is 6.36. The van der Waals surface area contributed by atoms with E-state index < -0.39 is 0 Å². The first-order valence-electron chi connectivity index (χ1n) is 15.8. The van der Waals surface area contributed by atoms with Crippen molar-refractivity contribution in [2.75, 3.05) is 0 Å². The smallest absolute Gasteiger partial charge is 0.159 e. The number of aryl methyl sites for hydroxylation is 2. The van der Waals surface area contributed by atoms with Crippen LogP contribution in [0.3, 0.4) is 0 Å². The van der Waals surface area contributed by atoms with Gasteiger partial charge < -0.3 is 14.5 Å². The SMILES string of the molecule is CC(C)CC(=O)/C=C(\O)CC(C)C.Cc1[c-]c(-c2nccc3cc(C4CCCC4)ccc23)c2oc3cc(C)ccc3c2c1.[Ir]. The van der Waals surface area contributed by atoms with E-state index in [0.717, 1.165) is 38.8 Å². The molecule has 0 unspecified atom stereocenters. The predicted octanol–water partition coefficient (Wildman–Crippen LogP) is 11.0. The van der Waals surface area contributed by atoms with Crippen molar-refractivity contribution in [2.24, 2.45) is 11.8 Å². The number of aliphatic hydroxyl groups excluding tert-OH is 1. The van der Waals surface area contributed by atoms with Crippen molar-refractivity contribution in [3.63, 3.8) is 0 Å². The third-order valence-electron chi connectivity index (χ3n) is 8.20. The fraction of sp³-hybridized carbons (Fsp3) is 0.385. The molecule has 0 saturated heterocycles. The summed E-state index contributed by atoms with van der Waals surface area (Å²) in [6.07, 6.45) is 9.72. The fourth-order valence-electron chi connectivity index (χ4n) is 6.26.